The van der Waals surface area contributed by atoms with E-state index in [0.29, 0.717) is 0 Å². The summed E-state index contributed by atoms with van der Waals surface area (Å²) < 4.78 is 0. The number of carbonyl (C=O) groups excluding carboxylic acids is 1. The molecule has 0 fully saturated rings. The van der Waals surface area contributed by atoms with Crippen molar-refractivity contribution in [3.63, 3.8) is 0 Å². The first-order valence-electron chi connectivity index (χ1n) is 7.72. The summed E-state index contributed by atoms with van der Waals surface area (Å²) in [6.07, 6.45) is 2.63. The van der Waals surface area contributed by atoms with Crippen molar-refractivity contribution in [2.24, 2.45) is 0 Å². The van der Waals surface area contributed by atoms with Gasteiger partial charge in [0.05, 0.1) is 17.9 Å². The quantitative estimate of drug-likeness (QED) is 0.784. The number of para-hydroxylation sites is 1. The number of amides is 1. The van der Waals surface area contributed by atoms with Crippen LogP contribution in [0.15, 0.2) is 60.8 Å². The van der Waals surface area contributed by atoms with Crippen LogP contribution in [0.25, 0.3) is 11.3 Å². The normalized spacial score (nSPS) is 16.4. The van der Waals surface area contributed by atoms with Crippen molar-refractivity contribution in [2.75, 3.05) is 4.90 Å². The average Bonchev–Trinajstić information content (AvgIpc) is 3.20. The van der Waals surface area contributed by atoms with Crippen molar-refractivity contribution in [1.29, 1.82) is 0 Å². The minimum absolute atomic E-state index is 0.0395. The standard InChI is InChI=1S/C19H17N3O/c1-13(23)22-17-10-6-5-9-15(17)11-18(22)19-20-12-16(21-19)14-7-3-2-4-8-14/h2-10,12,18H,11H2,1H3,(H,20,21). The van der Waals surface area contributed by atoms with Crippen molar-refractivity contribution < 1.29 is 4.79 Å². The highest BCUT2D eigenvalue weighted by molar-refractivity contribution is 5.94. The molecule has 4 nitrogen and oxygen atoms in total. The zero-order valence-electron chi connectivity index (χ0n) is 12.9. The molecule has 1 aliphatic rings. The van der Waals surface area contributed by atoms with Crippen LogP contribution in [0.5, 0.6) is 0 Å². The number of nitrogens with one attached hydrogen (secondary N) is 1. The highest BCUT2D eigenvalue weighted by Crippen LogP contribution is 2.39. The molecule has 23 heavy (non-hydrogen) atoms. The molecule has 4 rings (SSSR count). The van der Waals surface area contributed by atoms with Gasteiger partial charge in [-0.1, -0.05) is 48.5 Å². The number of anilines is 1. The van der Waals surface area contributed by atoms with Crippen LogP contribution in [-0.4, -0.2) is 15.9 Å². The second kappa shape index (κ2) is 5.39. The van der Waals surface area contributed by atoms with Crippen molar-refractivity contribution in [3.8, 4) is 11.3 Å². The predicted molar refractivity (Wildman–Crippen MR) is 90.1 cm³/mol. The number of nitrogens with zero attached hydrogens (tertiary/aromatic N) is 2. The summed E-state index contributed by atoms with van der Waals surface area (Å²) in [6, 6.07) is 18.1. The predicted octanol–water partition coefficient (Wildman–Crippen LogP) is 3.73. The number of hydrogen-bond donors (Lipinski definition) is 1. The Balaban J connectivity index is 1.71. The zero-order chi connectivity index (χ0) is 15.8. The Bertz CT molecular complexity index is 854. The summed E-state index contributed by atoms with van der Waals surface area (Å²) in [5.41, 5.74) is 4.24. The molecule has 114 valence electrons. The van der Waals surface area contributed by atoms with E-state index in [0.717, 1.165) is 29.2 Å². The largest absolute Gasteiger partial charge is 0.340 e. The van der Waals surface area contributed by atoms with E-state index in [9.17, 15) is 4.79 Å². The number of rotatable bonds is 2. The number of imidazole rings is 1. The molecule has 0 saturated carbocycles. The average molecular weight is 303 g/mol. The monoisotopic (exact) mass is 303 g/mol. The van der Waals surface area contributed by atoms with Crippen LogP contribution in [0, 0.1) is 0 Å². The first-order valence-corrected chi connectivity index (χ1v) is 7.72. The topological polar surface area (TPSA) is 49.0 Å². The van der Waals surface area contributed by atoms with E-state index in [2.05, 4.69) is 16.0 Å². The van der Waals surface area contributed by atoms with Crippen molar-refractivity contribution >= 4 is 11.6 Å². The van der Waals surface area contributed by atoms with Crippen molar-refractivity contribution in [1.82, 2.24) is 9.97 Å². The Hall–Kier alpha value is -2.88. The zero-order valence-corrected chi connectivity index (χ0v) is 12.9. The van der Waals surface area contributed by atoms with Crippen molar-refractivity contribution in [2.45, 2.75) is 19.4 Å². The highest BCUT2D eigenvalue weighted by Gasteiger charge is 2.34. The summed E-state index contributed by atoms with van der Waals surface area (Å²) in [5, 5.41) is 0. The fourth-order valence-electron chi connectivity index (χ4n) is 3.26. The maximum Gasteiger partial charge on any atom is 0.224 e. The molecule has 0 bridgehead atoms. The summed E-state index contributed by atoms with van der Waals surface area (Å²) >= 11 is 0. The fourth-order valence-corrected chi connectivity index (χ4v) is 3.26. The Labute approximate surface area is 134 Å². The third-order valence-electron chi connectivity index (χ3n) is 4.31. The molecular formula is C19H17N3O. The van der Waals surface area contributed by atoms with Crippen LogP contribution in [0.3, 0.4) is 0 Å². The number of aromatic nitrogens is 2. The van der Waals surface area contributed by atoms with E-state index in [-0.39, 0.29) is 11.9 Å². The maximum atomic E-state index is 12.2. The number of H-pyrrole nitrogens is 1. The summed E-state index contributed by atoms with van der Waals surface area (Å²) in [4.78, 5) is 21.9. The van der Waals surface area contributed by atoms with Gasteiger partial charge in [-0.2, -0.15) is 0 Å². The first kappa shape index (κ1) is 13.8. The Morgan fingerprint density at radius 3 is 2.65 bits per heavy atom. The van der Waals surface area contributed by atoms with Gasteiger partial charge in [-0.05, 0) is 17.2 Å². The molecule has 0 saturated heterocycles. The van der Waals surface area contributed by atoms with E-state index in [1.807, 2.05) is 59.6 Å². The summed E-state index contributed by atoms with van der Waals surface area (Å²) in [7, 11) is 0. The first-order chi connectivity index (χ1) is 11.2. The van der Waals surface area contributed by atoms with Crippen LogP contribution in [0.4, 0.5) is 5.69 Å². The van der Waals surface area contributed by atoms with E-state index >= 15 is 0 Å². The van der Waals surface area contributed by atoms with Crippen LogP contribution >= 0.6 is 0 Å². The van der Waals surface area contributed by atoms with Crippen molar-refractivity contribution in [3.05, 3.63) is 72.2 Å². The lowest BCUT2D eigenvalue weighted by Crippen LogP contribution is -2.30. The Morgan fingerprint density at radius 1 is 1.13 bits per heavy atom. The maximum absolute atomic E-state index is 12.2. The lowest BCUT2D eigenvalue weighted by molar-refractivity contribution is -0.117. The van der Waals surface area contributed by atoms with Gasteiger partial charge in [-0.3, -0.25) is 4.79 Å². The van der Waals surface area contributed by atoms with Gasteiger partial charge in [-0.15, -0.1) is 0 Å². The van der Waals surface area contributed by atoms with Gasteiger partial charge in [0.1, 0.15) is 5.82 Å². The second-order valence-corrected chi connectivity index (χ2v) is 5.79. The Morgan fingerprint density at radius 2 is 1.87 bits per heavy atom. The number of fused-ring (bicyclic) bond motifs is 1. The second-order valence-electron chi connectivity index (χ2n) is 5.79. The lowest BCUT2D eigenvalue weighted by Gasteiger charge is -2.22. The molecule has 2 heterocycles. The number of aromatic amines is 1. The number of hydrogen-bond acceptors (Lipinski definition) is 2. The molecular weight excluding hydrogens is 286 g/mol. The minimum atomic E-state index is -0.0673. The molecule has 1 N–H and O–H groups in total. The molecule has 0 spiro atoms. The van der Waals surface area contributed by atoms with Gasteiger partial charge < -0.3 is 9.88 Å². The molecule has 0 aliphatic carbocycles. The van der Waals surface area contributed by atoms with E-state index in [1.54, 1.807) is 6.92 Å². The SMILES string of the molecule is CC(=O)N1c2ccccc2CC1c1ncc(-c2ccccc2)[nH]1. The molecule has 1 aliphatic heterocycles. The third kappa shape index (κ3) is 2.32. The molecule has 4 heteroatoms. The molecule has 1 atom stereocenters. The molecule has 3 aromatic rings. The molecule has 0 radical (unpaired) electrons. The fraction of sp³-hybridized carbons (Fsp3) is 0.158. The van der Waals surface area contributed by atoms with Gasteiger partial charge >= 0.3 is 0 Å². The van der Waals surface area contributed by atoms with E-state index < -0.39 is 0 Å². The Kier molecular flexibility index (Phi) is 3.23. The molecule has 1 unspecified atom stereocenters. The van der Waals surface area contributed by atoms with Gasteiger partial charge in [0.2, 0.25) is 5.91 Å². The minimum Gasteiger partial charge on any atom is -0.340 e. The van der Waals surface area contributed by atoms with Crippen LogP contribution in [0.2, 0.25) is 0 Å². The summed E-state index contributed by atoms with van der Waals surface area (Å²) in [6.45, 7) is 1.61. The third-order valence-corrected chi connectivity index (χ3v) is 4.31. The van der Waals surface area contributed by atoms with Crippen LogP contribution in [-0.2, 0) is 11.2 Å². The van der Waals surface area contributed by atoms with Crippen LogP contribution in [0.1, 0.15) is 24.4 Å². The summed E-state index contributed by atoms with van der Waals surface area (Å²) in [5.74, 6) is 0.868. The number of benzene rings is 2. The van der Waals surface area contributed by atoms with Gasteiger partial charge in [-0.25, -0.2) is 4.98 Å². The van der Waals surface area contributed by atoms with Gasteiger partial charge in [0.25, 0.3) is 0 Å². The highest BCUT2D eigenvalue weighted by atomic mass is 16.2. The molecule has 1 aromatic heterocycles. The van der Waals surface area contributed by atoms with E-state index in [4.69, 9.17) is 0 Å². The number of carbonyl (C=O) groups is 1. The smallest absolute Gasteiger partial charge is 0.224 e. The molecule has 2 aromatic carbocycles. The van der Waals surface area contributed by atoms with Gasteiger partial charge in [0, 0.05) is 19.0 Å². The van der Waals surface area contributed by atoms with Crippen LogP contribution < -0.4 is 4.90 Å². The molecule has 1 amide bonds. The van der Waals surface area contributed by atoms with E-state index in [1.165, 1.54) is 5.56 Å². The van der Waals surface area contributed by atoms with Gasteiger partial charge in [0.15, 0.2) is 0 Å². The lowest BCUT2D eigenvalue weighted by atomic mass is 10.1.